The summed E-state index contributed by atoms with van der Waals surface area (Å²) in [5.41, 5.74) is 0. The summed E-state index contributed by atoms with van der Waals surface area (Å²) in [6.45, 7) is 12.9. The molecule has 0 bridgehead atoms. The Balaban J connectivity index is 2.85. The van der Waals surface area contributed by atoms with Crippen molar-refractivity contribution >= 4 is 51.1 Å². The summed E-state index contributed by atoms with van der Waals surface area (Å²) in [6, 6.07) is 10.3. The minimum Gasteiger partial charge on any atom is -0.399 e. The molecule has 0 N–H and O–H groups in total. The highest BCUT2D eigenvalue weighted by Crippen LogP contribution is 2.16. The van der Waals surface area contributed by atoms with Gasteiger partial charge in [0.15, 0.2) is 36.9 Å². The zero-order valence-electron chi connectivity index (χ0n) is 14.0. The van der Waals surface area contributed by atoms with Crippen LogP contribution in [-0.4, -0.2) is 45.9 Å². The molecule has 120 valence electrons. The van der Waals surface area contributed by atoms with Crippen LogP contribution in [0.25, 0.3) is 0 Å². The van der Waals surface area contributed by atoms with E-state index in [0.29, 0.717) is 0 Å². The van der Waals surface area contributed by atoms with Crippen molar-refractivity contribution in [1.29, 1.82) is 0 Å². The van der Waals surface area contributed by atoms with Crippen molar-refractivity contribution in [3.8, 4) is 0 Å². The first kappa shape index (κ1) is 19.2. The SMILES string of the molecule is C[SiH](C)O[Si](O[SiH2]c1ccccc1)(O[SiH](C)C)O[SiH](C)C. The molecule has 0 heterocycles. The van der Waals surface area contributed by atoms with Gasteiger partial charge in [-0.15, -0.1) is 0 Å². The van der Waals surface area contributed by atoms with Crippen LogP contribution in [0, 0.1) is 0 Å². The van der Waals surface area contributed by atoms with Crippen LogP contribution in [-0.2, 0) is 16.5 Å². The fourth-order valence-electron chi connectivity index (χ4n) is 1.80. The first-order chi connectivity index (χ1) is 9.83. The molecular weight excluding hydrogens is 349 g/mol. The fraction of sp³-hybridized carbons (Fsp3) is 0.500. The number of hydrogen-bond donors (Lipinski definition) is 0. The van der Waals surface area contributed by atoms with Crippen molar-refractivity contribution in [3.63, 3.8) is 0 Å². The lowest BCUT2D eigenvalue weighted by Gasteiger charge is -2.34. The Morgan fingerprint density at radius 2 is 1.19 bits per heavy atom. The molecule has 0 spiro atoms. The zero-order valence-corrected chi connectivity index (χ0v) is 19.8. The summed E-state index contributed by atoms with van der Waals surface area (Å²) >= 11 is 0. The van der Waals surface area contributed by atoms with Crippen LogP contribution in [0.3, 0.4) is 0 Å². The van der Waals surface area contributed by atoms with Gasteiger partial charge in [-0.2, -0.15) is 0 Å². The molecule has 1 aromatic carbocycles. The maximum Gasteiger partial charge on any atom is 0.636 e. The Hall–Kier alpha value is 0.144. The van der Waals surface area contributed by atoms with Crippen molar-refractivity contribution in [2.75, 3.05) is 0 Å². The van der Waals surface area contributed by atoms with Crippen LogP contribution >= 0.6 is 0 Å². The topological polar surface area (TPSA) is 36.9 Å². The van der Waals surface area contributed by atoms with Crippen molar-refractivity contribution in [1.82, 2.24) is 0 Å². The van der Waals surface area contributed by atoms with Crippen LogP contribution in [0.15, 0.2) is 30.3 Å². The van der Waals surface area contributed by atoms with Gasteiger partial charge in [0.2, 0.25) is 0 Å². The normalized spacial score (nSPS) is 13.2. The third kappa shape index (κ3) is 7.81. The van der Waals surface area contributed by atoms with Gasteiger partial charge in [-0.3, -0.25) is 0 Å². The number of benzene rings is 1. The maximum absolute atomic E-state index is 6.26. The van der Waals surface area contributed by atoms with Crippen LogP contribution < -0.4 is 5.19 Å². The molecule has 21 heavy (non-hydrogen) atoms. The monoisotopic (exact) mass is 376 g/mol. The Labute approximate surface area is 137 Å². The second kappa shape index (κ2) is 9.32. The largest absolute Gasteiger partial charge is 0.636 e. The maximum atomic E-state index is 6.26. The molecule has 1 rings (SSSR count). The molecule has 0 aliphatic heterocycles. The summed E-state index contributed by atoms with van der Waals surface area (Å²) in [4.78, 5) is 0. The average molecular weight is 377 g/mol. The molecule has 4 nitrogen and oxygen atoms in total. The van der Waals surface area contributed by atoms with Gasteiger partial charge in [0.25, 0.3) is 0 Å². The van der Waals surface area contributed by atoms with Gasteiger partial charge in [0, 0.05) is 0 Å². The van der Waals surface area contributed by atoms with Gasteiger partial charge < -0.3 is 16.5 Å². The third-order valence-electron chi connectivity index (χ3n) is 2.40. The second-order valence-electron chi connectivity index (χ2n) is 5.77. The summed E-state index contributed by atoms with van der Waals surface area (Å²) < 4.78 is 24.9. The first-order valence-electron chi connectivity index (χ1n) is 7.54. The van der Waals surface area contributed by atoms with Crippen LogP contribution in [0.1, 0.15) is 0 Å². The summed E-state index contributed by atoms with van der Waals surface area (Å²) in [6.07, 6.45) is 0. The smallest absolute Gasteiger partial charge is 0.399 e. The molecule has 0 aliphatic carbocycles. The van der Waals surface area contributed by atoms with Gasteiger partial charge in [0.05, 0.1) is 0 Å². The third-order valence-corrected chi connectivity index (χ3v) is 14.3. The molecular formula is C12H28O4Si5. The minimum atomic E-state index is -2.92. The van der Waals surface area contributed by atoms with Crippen molar-refractivity contribution in [2.24, 2.45) is 0 Å². The van der Waals surface area contributed by atoms with E-state index in [2.05, 4.69) is 51.4 Å². The number of rotatable bonds is 9. The van der Waals surface area contributed by atoms with Crippen molar-refractivity contribution in [2.45, 2.75) is 39.3 Å². The van der Waals surface area contributed by atoms with Gasteiger partial charge >= 0.3 is 9.05 Å². The van der Waals surface area contributed by atoms with E-state index in [1.54, 1.807) is 0 Å². The van der Waals surface area contributed by atoms with Gasteiger partial charge in [-0.1, -0.05) is 30.3 Å². The first-order valence-corrected chi connectivity index (χ1v) is 18.8. The van der Waals surface area contributed by atoms with E-state index >= 15 is 0 Å². The molecule has 0 amide bonds. The molecule has 0 atom stereocenters. The minimum absolute atomic E-state index is 0.891. The molecule has 0 saturated carbocycles. The molecule has 0 aromatic heterocycles. The van der Waals surface area contributed by atoms with Crippen molar-refractivity contribution in [3.05, 3.63) is 30.3 Å². The fourth-order valence-corrected chi connectivity index (χ4v) is 15.4. The van der Waals surface area contributed by atoms with Crippen LogP contribution in [0.2, 0.25) is 39.3 Å². The van der Waals surface area contributed by atoms with Gasteiger partial charge in [-0.05, 0) is 44.5 Å². The lowest BCUT2D eigenvalue weighted by atomic mass is 10.4. The van der Waals surface area contributed by atoms with E-state index in [1.165, 1.54) is 5.19 Å². The van der Waals surface area contributed by atoms with Crippen molar-refractivity contribution < 1.29 is 16.5 Å². The van der Waals surface area contributed by atoms with E-state index in [4.69, 9.17) is 16.5 Å². The van der Waals surface area contributed by atoms with Gasteiger partial charge in [-0.25, -0.2) is 0 Å². The predicted molar refractivity (Wildman–Crippen MR) is 101 cm³/mol. The summed E-state index contributed by atoms with van der Waals surface area (Å²) in [5.74, 6) is 0. The van der Waals surface area contributed by atoms with E-state index in [0.717, 1.165) is 0 Å². The predicted octanol–water partition coefficient (Wildman–Crippen LogP) is 0.848. The molecule has 0 radical (unpaired) electrons. The zero-order chi connectivity index (χ0) is 15.9. The Kier molecular flexibility index (Phi) is 8.52. The molecule has 0 aliphatic rings. The highest BCUT2D eigenvalue weighted by Gasteiger charge is 2.46. The number of hydrogen-bond acceptors (Lipinski definition) is 4. The molecule has 0 saturated heterocycles. The Morgan fingerprint density at radius 1 is 0.762 bits per heavy atom. The highest BCUT2D eigenvalue weighted by molar-refractivity contribution is 6.79. The average Bonchev–Trinajstić information content (AvgIpc) is 2.35. The summed E-state index contributed by atoms with van der Waals surface area (Å²) in [5, 5.41) is 1.26. The van der Waals surface area contributed by atoms with Crippen LogP contribution in [0.5, 0.6) is 0 Å². The van der Waals surface area contributed by atoms with Crippen LogP contribution in [0.4, 0.5) is 0 Å². The van der Waals surface area contributed by atoms with Gasteiger partial charge in [0.1, 0.15) is 0 Å². The molecule has 1 aromatic rings. The standard InChI is InChI=1S/C12H28O4Si5/c1-18(2)14-21(15-19(3)4,16-20(5)6)13-17-12-10-8-7-9-11-12/h7-11,18-20H,17H2,1-6H3. The van der Waals surface area contributed by atoms with E-state index in [-0.39, 0.29) is 0 Å². The second-order valence-corrected chi connectivity index (χ2v) is 18.2. The summed E-state index contributed by atoms with van der Waals surface area (Å²) in [7, 11) is -7.67. The molecule has 9 heteroatoms. The molecule has 0 fully saturated rings. The van der Waals surface area contributed by atoms with E-state index < -0.39 is 45.9 Å². The highest BCUT2D eigenvalue weighted by atomic mass is 28.5. The Bertz CT molecular complexity index is 375. The quantitative estimate of drug-likeness (QED) is 0.599. The lowest BCUT2D eigenvalue weighted by Crippen LogP contribution is -2.57. The molecule has 0 unspecified atom stereocenters. The van der Waals surface area contributed by atoms with E-state index in [9.17, 15) is 0 Å². The lowest BCUT2D eigenvalue weighted by molar-refractivity contribution is 0.168. The Morgan fingerprint density at radius 3 is 1.57 bits per heavy atom. The van der Waals surface area contributed by atoms with E-state index in [1.807, 2.05) is 18.2 Å².